The second kappa shape index (κ2) is 10.4. The fourth-order valence-electron chi connectivity index (χ4n) is 3.23. The maximum absolute atomic E-state index is 10.0. The minimum Gasteiger partial charge on any atom is -0.512 e. The number of pyridine rings is 1. The van der Waals surface area contributed by atoms with Crippen molar-refractivity contribution in [1.29, 1.82) is 0 Å². The molecular formula is C25H24NO3Pt-. The van der Waals surface area contributed by atoms with E-state index in [1.807, 2.05) is 24.3 Å². The Hall–Kier alpha value is -2.71. The summed E-state index contributed by atoms with van der Waals surface area (Å²) in [5.41, 5.74) is 4.89. The van der Waals surface area contributed by atoms with E-state index in [4.69, 9.17) is 9.52 Å². The second-order valence-electron chi connectivity index (χ2n) is 7.19. The molecule has 2 heterocycles. The van der Waals surface area contributed by atoms with Gasteiger partial charge in [-0.05, 0) is 37.1 Å². The summed E-state index contributed by atoms with van der Waals surface area (Å²) in [5.74, 6) is 0.360. The zero-order chi connectivity index (χ0) is 21.0. The van der Waals surface area contributed by atoms with E-state index in [-0.39, 0.29) is 32.6 Å². The Balaban J connectivity index is 0.000000350. The molecule has 0 atom stereocenters. The van der Waals surface area contributed by atoms with Crippen LogP contribution in [0.4, 0.5) is 0 Å². The number of rotatable bonds is 3. The predicted molar refractivity (Wildman–Crippen MR) is 117 cm³/mol. The number of benzene rings is 2. The Kier molecular flexibility index (Phi) is 8.14. The van der Waals surface area contributed by atoms with Crippen LogP contribution in [0, 0.1) is 6.07 Å². The van der Waals surface area contributed by atoms with Crippen LogP contribution in [0.25, 0.3) is 33.2 Å². The third-order valence-electron chi connectivity index (χ3n) is 4.44. The number of aliphatic hydroxyl groups is 1. The molecule has 0 unspecified atom stereocenters. The molecule has 0 amide bonds. The number of ketones is 1. The summed E-state index contributed by atoms with van der Waals surface area (Å²) >= 11 is 0. The van der Waals surface area contributed by atoms with Gasteiger partial charge in [-0.15, -0.1) is 18.2 Å². The first kappa shape index (κ1) is 23.6. The number of allylic oxidation sites excluding steroid dienone is 2. The fraction of sp³-hybridized carbons (Fsp3) is 0.200. The summed E-state index contributed by atoms with van der Waals surface area (Å²) in [7, 11) is 0. The summed E-state index contributed by atoms with van der Waals surface area (Å²) in [6, 6.07) is 19.5. The van der Waals surface area contributed by atoms with Crippen LogP contribution in [-0.4, -0.2) is 15.9 Å². The first-order valence-electron chi connectivity index (χ1n) is 9.53. The zero-order valence-electron chi connectivity index (χ0n) is 17.4. The predicted octanol–water partition coefficient (Wildman–Crippen LogP) is 6.61. The van der Waals surface area contributed by atoms with Gasteiger partial charge >= 0.3 is 0 Å². The van der Waals surface area contributed by atoms with Crippen molar-refractivity contribution in [2.24, 2.45) is 0 Å². The Morgan fingerprint density at radius 1 is 1.07 bits per heavy atom. The topological polar surface area (TPSA) is 63.3 Å². The SMILES string of the molecule is CC(=O)/C=C(/C)O.CC(C)c1cccc2c1oc1c(-c3ccccn3)[c-]ccc12.[Pt]. The molecule has 4 aromatic rings. The summed E-state index contributed by atoms with van der Waals surface area (Å²) in [5, 5.41) is 10.6. The molecule has 1 N–H and O–H groups in total. The Morgan fingerprint density at radius 3 is 2.37 bits per heavy atom. The molecule has 0 bridgehead atoms. The minimum atomic E-state index is -0.125. The van der Waals surface area contributed by atoms with Crippen LogP contribution < -0.4 is 0 Å². The number of carbonyl (C=O) groups excluding carboxylic acids is 1. The Bertz CT molecular complexity index is 1170. The number of hydrogen-bond donors (Lipinski definition) is 1. The van der Waals surface area contributed by atoms with Crippen LogP contribution >= 0.6 is 0 Å². The van der Waals surface area contributed by atoms with Crippen molar-refractivity contribution in [3.8, 4) is 11.3 Å². The standard InChI is InChI=1S/C20H16NO.C5H8O2.Pt/c1-13(2)14-7-5-8-15-16-9-6-10-17(20(16)22-19(14)15)18-11-3-4-12-21-18;1-4(6)3-5(2)7;/h3-9,11-13H,1-2H3;3,6H,1-2H3;/q-1;;/b;4-3-;. The molecule has 158 valence electrons. The quantitative estimate of drug-likeness (QED) is 0.168. The molecule has 0 aliphatic rings. The van der Waals surface area contributed by atoms with E-state index in [2.05, 4.69) is 49.2 Å². The van der Waals surface area contributed by atoms with E-state index in [9.17, 15) is 4.79 Å². The van der Waals surface area contributed by atoms with Gasteiger partial charge in [-0.25, -0.2) is 0 Å². The van der Waals surface area contributed by atoms with Crippen molar-refractivity contribution in [3.05, 3.63) is 78.2 Å². The molecule has 0 aliphatic carbocycles. The summed E-state index contributed by atoms with van der Waals surface area (Å²) in [6.07, 6.45) is 2.96. The zero-order valence-corrected chi connectivity index (χ0v) is 19.7. The van der Waals surface area contributed by atoms with Gasteiger partial charge in [0, 0.05) is 38.7 Å². The van der Waals surface area contributed by atoms with E-state index in [1.165, 1.54) is 25.5 Å². The van der Waals surface area contributed by atoms with Gasteiger partial charge in [0.15, 0.2) is 5.78 Å². The van der Waals surface area contributed by atoms with Gasteiger partial charge in [0.05, 0.1) is 11.3 Å². The summed E-state index contributed by atoms with van der Waals surface area (Å²) < 4.78 is 6.26. The second-order valence-corrected chi connectivity index (χ2v) is 7.19. The van der Waals surface area contributed by atoms with Gasteiger partial charge < -0.3 is 14.5 Å². The molecule has 0 aliphatic heterocycles. The normalized spacial score (nSPS) is 11.2. The molecule has 2 aromatic carbocycles. The van der Waals surface area contributed by atoms with Crippen LogP contribution in [0.3, 0.4) is 0 Å². The van der Waals surface area contributed by atoms with Crippen LogP contribution in [0.15, 0.2) is 71.0 Å². The fourth-order valence-corrected chi connectivity index (χ4v) is 3.23. The van der Waals surface area contributed by atoms with Gasteiger partial charge in [-0.1, -0.05) is 55.1 Å². The van der Waals surface area contributed by atoms with Crippen molar-refractivity contribution >= 4 is 27.7 Å². The van der Waals surface area contributed by atoms with Gasteiger partial charge in [0.25, 0.3) is 0 Å². The molecule has 4 rings (SSSR count). The minimum absolute atomic E-state index is 0. The first-order valence-corrected chi connectivity index (χ1v) is 9.53. The molecule has 0 saturated carbocycles. The average molecular weight is 582 g/mol. The molecule has 30 heavy (non-hydrogen) atoms. The van der Waals surface area contributed by atoms with Gasteiger partial charge in [0.2, 0.25) is 0 Å². The van der Waals surface area contributed by atoms with Gasteiger partial charge in [-0.2, -0.15) is 0 Å². The molecule has 4 nitrogen and oxygen atoms in total. The largest absolute Gasteiger partial charge is 0.512 e. The number of aliphatic hydroxyl groups excluding tert-OH is 1. The molecule has 0 spiro atoms. The first-order chi connectivity index (χ1) is 13.9. The number of furan rings is 1. The third kappa shape index (κ3) is 5.25. The number of para-hydroxylation sites is 1. The average Bonchev–Trinajstić information content (AvgIpc) is 3.06. The molecule has 0 saturated heterocycles. The maximum Gasteiger partial charge on any atom is 0.155 e. The molecule has 5 heteroatoms. The maximum atomic E-state index is 10.0. The monoisotopic (exact) mass is 581 g/mol. The Morgan fingerprint density at radius 2 is 1.80 bits per heavy atom. The molecule has 0 fully saturated rings. The third-order valence-corrected chi connectivity index (χ3v) is 4.44. The van der Waals surface area contributed by atoms with E-state index >= 15 is 0 Å². The number of carbonyl (C=O) groups is 1. The van der Waals surface area contributed by atoms with Crippen molar-refractivity contribution in [2.45, 2.75) is 33.6 Å². The number of fused-ring (bicyclic) bond motifs is 3. The van der Waals surface area contributed by atoms with Crippen molar-refractivity contribution in [1.82, 2.24) is 4.98 Å². The van der Waals surface area contributed by atoms with Crippen LogP contribution in [0.2, 0.25) is 0 Å². The summed E-state index contributed by atoms with van der Waals surface area (Å²) in [4.78, 5) is 14.5. The van der Waals surface area contributed by atoms with E-state index < -0.39 is 0 Å². The molecule has 2 aromatic heterocycles. The van der Waals surface area contributed by atoms with Gasteiger partial charge in [0.1, 0.15) is 5.58 Å². The molecular weight excluding hydrogens is 557 g/mol. The van der Waals surface area contributed by atoms with Crippen molar-refractivity contribution in [3.63, 3.8) is 0 Å². The smallest absolute Gasteiger partial charge is 0.155 e. The number of nitrogens with zero attached hydrogens (tertiary/aromatic N) is 1. The van der Waals surface area contributed by atoms with E-state index in [1.54, 1.807) is 6.20 Å². The number of aromatic nitrogens is 1. The Labute approximate surface area is 190 Å². The van der Waals surface area contributed by atoms with Crippen molar-refractivity contribution in [2.75, 3.05) is 0 Å². The van der Waals surface area contributed by atoms with E-state index in [0.29, 0.717) is 5.92 Å². The van der Waals surface area contributed by atoms with Crippen LogP contribution in [-0.2, 0) is 25.9 Å². The van der Waals surface area contributed by atoms with Crippen LogP contribution in [0.1, 0.15) is 39.2 Å². The summed E-state index contributed by atoms with van der Waals surface area (Å²) in [6.45, 7) is 7.22. The van der Waals surface area contributed by atoms with E-state index in [0.717, 1.165) is 33.2 Å². The van der Waals surface area contributed by atoms with Crippen molar-refractivity contribution < 1.29 is 35.4 Å². The number of hydrogen-bond acceptors (Lipinski definition) is 4. The molecule has 0 radical (unpaired) electrons. The van der Waals surface area contributed by atoms with Crippen LogP contribution in [0.5, 0.6) is 0 Å². The van der Waals surface area contributed by atoms with Gasteiger partial charge in [-0.3, -0.25) is 4.79 Å².